The molecule has 18 heavy (non-hydrogen) atoms. The molecule has 102 valence electrons. The Morgan fingerprint density at radius 3 is 2.61 bits per heavy atom. The maximum absolute atomic E-state index is 13.0. The van der Waals surface area contributed by atoms with Crippen LogP contribution in [-0.4, -0.2) is 19.8 Å². The maximum Gasteiger partial charge on any atom is 0.156 e. The molecule has 1 aromatic rings. The first kappa shape index (κ1) is 15.2. The molecular weight excluding hydrogens is 301 g/mol. The maximum atomic E-state index is 13.0. The molecule has 0 amide bonds. The lowest BCUT2D eigenvalue weighted by atomic mass is 10.1. The summed E-state index contributed by atoms with van der Waals surface area (Å²) < 4.78 is 24.4. The lowest BCUT2D eigenvalue weighted by Gasteiger charge is -2.11. The van der Waals surface area contributed by atoms with Crippen LogP contribution < -0.4 is 10.5 Å². The van der Waals surface area contributed by atoms with Crippen molar-refractivity contribution in [2.75, 3.05) is 25.6 Å². The zero-order chi connectivity index (χ0) is 13.5. The van der Waals surface area contributed by atoms with E-state index in [0.717, 1.165) is 13.0 Å². The molecule has 0 saturated heterocycles. The summed E-state index contributed by atoms with van der Waals surface area (Å²) in [6.07, 6.45) is 1.03. The quantitative estimate of drug-likeness (QED) is 0.616. The summed E-state index contributed by atoms with van der Waals surface area (Å²) in [6.45, 7) is 5.91. The fourth-order valence-corrected chi connectivity index (χ4v) is 1.92. The normalized spacial score (nSPS) is 10.9. The molecule has 0 bridgehead atoms. The molecule has 0 atom stereocenters. The minimum Gasteiger partial charge on any atom is -0.488 e. The Bertz CT molecular complexity index is 362. The van der Waals surface area contributed by atoms with Crippen LogP contribution in [0.5, 0.6) is 5.75 Å². The van der Waals surface area contributed by atoms with Gasteiger partial charge in [0.05, 0.1) is 16.8 Å². The molecule has 1 rings (SSSR count). The van der Waals surface area contributed by atoms with E-state index in [9.17, 15) is 4.39 Å². The molecule has 0 aromatic heterocycles. The van der Waals surface area contributed by atoms with E-state index in [-0.39, 0.29) is 11.5 Å². The summed E-state index contributed by atoms with van der Waals surface area (Å²) in [7, 11) is 0. The molecule has 3 nitrogen and oxygen atoms in total. The van der Waals surface area contributed by atoms with Crippen LogP contribution in [0, 0.1) is 11.7 Å². The van der Waals surface area contributed by atoms with Crippen molar-refractivity contribution >= 4 is 21.6 Å². The minimum atomic E-state index is -0.389. The lowest BCUT2D eigenvalue weighted by Crippen LogP contribution is -2.10. The van der Waals surface area contributed by atoms with Crippen LogP contribution in [0.2, 0.25) is 0 Å². The molecule has 0 radical (unpaired) electrons. The molecule has 0 aliphatic rings. The Hall–Kier alpha value is -0.810. The Morgan fingerprint density at radius 2 is 2.00 bits per heavy atom. The van der Waals surface area contributed by atoms with Gasteiger partial charge in [0.1, 0.15) is 12.4 Å². The molecule has 0 fully saturated rings. The van der Waals surface area contributed by atoms with Crippen LogP contribution >= 0.6 is 15.9 Å². The van der Waals surface area contributed by atoms with E-state index in [1.165, 1.54) is 12.1 Å². The SMILES string of the molecule is CC(C)CCOCCOc1c(N)cc(F)cc1Br. The highest BCUT2D eigenvalue weighted by atomic mass is 79.9. The summed E-state index contributed by atoms with van der Waals surface area (Å²) in [5, 5.41) is 0. The van der Waals surface area contributed by atoms with Crippen molar-refractivity contribution in [2.45, 2.75) is 20.3 Å². The van der Waals surface area contributed by atoms with E-state index in [4.69, 9.17) is 15.2 Å². The number of rotatable bonds is 7. The van der Waals surface area contributed by atoms with E-state index in [2.05, 4.69) is 29.8 Å². The van der Waals surface area contributed by atoms with Gasteiger partial charge in [0.25, 0.3) is 0 Å². The van der Waals surface area contributed by atoms with Crippen molar-refractivity contribution < 1.29 is 13.9 Å². The van der Waals surface area contributed by atoms with Gasteiger partial charge in [-0.25, -0.2) is 4.39 Å². The van der Waals surface area contributed by atoms with Gasteiger partial charge < -0.3 is 15.2 Å². The van der Waals surface area contributed by atoms with Crippen molar-refractivity contribution in [1.82, 2.24) is 0 Å². The van der Waals surface area contributed by atoms with E-state index < -0.39 is 0 Å². The number of nitrogen functional groups attached to an aromatic ring is 1. The number of halogens is 2. The van der Waals surface area contributed by atoms with Crippen molar-refractivity contribution in [3.8, 4) is 5.75 Å². The molecule has 2 N–H and O–H groups in total. The van der Waals surface area contributed by atoms with Crippen LogP contribution in [0.1, 0.15) is 20.3 Å². The van der Waals surface area contributed by atoms with Crippen LogP contribution in [0.3, 0.4) is 0 Å². The summed E-state index contributed by atoms with van der Waals surface area (Å²) >= 11 is 3.21. The van der Waals surface area contributed by atoms with Gasteiger partial charge in [-0.05, 0) is 34.3 Å². The van der Waals surface area contributed by atoms with Crippen molar-refractivity contribution in [3.63, 3.8) is 0 Å². The second-order valence-electron chi connectivity index (χ2n) is 4.45. The Labute approximate surface area is 116 Å². The fraction of sp³-hybridized carbons (Fsp3) is 0.538. The molecule has 0 saturated carbocycles. The van der Waals surface area contributed by atoms with Gasteiger partial charge >= 0.3 is 0 Å². The highest BCUT2D eigenvalue weighted by molar-refractivity contribution is 9.10. The van der Waals surface area contributed by atoms with E-state index in [0.29, 0.717) is 29.4 Å². The first-order chi connectivity index (χ1) is 8.50. The van der Waals surface area contributed by atoms with E-state index in [1.807, 2.05) is 0 Å². The van der Waals surface area contributed by atoms with Gasteiger partial charge in [-0.3, -0.25) is 0 Å². The number of hydrogen-bond acceptors (Lipinski definition) is 3. The number of ether oxygens (including phenoxy) is 2. The summed E-state index contributed by atoms with van der Waals surface area (Å²) in [5.74, 6) is 0.705. The molecule has 0 heterocycles. The van der Waals surface area contributed by atoms with Gasteiger partial charge in [0.2, 0.25) is 0 Å². The third kappa shape index (κ3) is 5.23. The Kier molecular flexibility index (Phi) is 6.43. The van der Waals surface area contributed by atoms with Gasteiger partial charge in [-0.1, -0.05) is 13.8 Å². The molecular formula is C13H19BrFNO2. The van der Waals surface area contributed by atoms with Crippen LogP contribution in [0.4, 0.5) is 10.1 Å². The monoisotopic (exact) mass is 319 g/mol. The first-order valence-electron chi connectivity index (χ1n) is 5.95. The second kappa shape index (κ2) is 7.59. The van der Waals surface area contributed by atoms with Crippen LogP contribution in [0.15, 0.2) is 16.6 Å². The van der Waals surface area contributed by atoms with E-state index in [1.54, 1.807) is 0 Å². The average Bonchev–Trinajstić information content (AvgIpc) is 2.25. The number of benzene rings is 1. The van der Waals surface area contributed by atoms with Crippen LogP contribution in [0.25, 0.3) is 0 Å². The largest absolute Gasteiger partial charge is 0.488 e. The summed E-state index contributed by atoms with van der Waals surface area (Å²) in [5.41, 5.74) is 5.95. The minimum absolute atomic E-state index is 0.282. The summed E-state index contributed by atoms with van der Waals surface area (Å²) in [6, 6.07) is 2.56. The number of hydrogen-bond donors (Lipinski definition) is 1. The van der Waals surface area contributed by atoms with Gasteiger partial charge in [0.15, 0.2) is 5.75 Å². The third-order valence-electron chi connectivity index (χ3n) is 2.35. The van der Waals surface area contributed by atoms with Crippen molar-refractivity contribution in [3.05, 3.63) is 22.4 Å². The second-order valence-corrected chi connectivity index (χ2v) is 5.30. The van der Waals surface area contributed by atoms with Crippen LogP contribution in [-0.2, 0) is 4.74 Å². The van der Waals surface area contributed by atoms with Gasteiger partial charge in [-0.15, -0.1) is 0 Å². The van der Waals surface area contributed by atoms with E-state index >= 15 is 0 Å². The standard InChI is InChI=1S/C13H19BrFNO2/c1-9(2)3-4-17-5-6-18-13-11(14)7-10(15)8-12(13)16/h7-9H,3-6,16H2,1-2H3. The predicted molar refractivity (Wildman–Crippen MR) is 74.3 cm³/mol. The predicted octanol–water partition coefficient (Wildman–Crippen LogP) is 3.61. The van der Waals surface area contributed by atoms with Gasteiger partial charge in [-0.2, -0.15) is 0 Å². The topological polar surface area (TPSA) is 44.5 Å². The number of nitrogens with two attached hydrogens (primary N) is 1. The van der Waals surface area contributed by atoms with Gasteiger partial charge in [0, 0.05) is 12.7 Å². The third-order valence-corrected chi connectivity index (χ3v) is 2.94. The molecule has 0 aliphatic heterocycles. The molecule has 0 unspecified atom stereocenters. The molecule has 1 aromatic carbocycles. The summed E-state index contributed by atoms with van der Waals surface area (Å²) in [4.78, 5) is 0. The molecule has 0 spiro atoms. The molecule has 0 aliphatic carbocycles. The van der Waals surface area contributed by atoms with Crippen molar-refractivity contribution in [2.24, 2.45) is 5.92 Å². The Balaban J connectivity index is 2.31. The fourth-order valence-electron chi connectivity index (χ4n) is 1.36. The average molecular weight is 320 g/mol. The van der Waals surface area contributed by atoms with Crippen molar-refractivity contribution in [1.29, 1.82) is 0 Å². The smallest absolute Gasteiger partial charge is 0.156 e. The Morgan fingerprint density at radius 1 is 1.28 bits per heavy atom. The lowest BCUT2D eigenvalue weighted by molar-refractivity contribution is 0.0926. The first-order valence-corrected chi connectivity index (χ1v) is 6.75. The highest BCUT2D eigenvalue weighted by Gasteiger charge is 2.08. The zero-order valence-electron chi connectivity index (χ0n) is 10.7. The number of anilines is 1. The highest BCUT2D eigenvalue weighted by Crippen LogP contribution is 2.32. The molecule has 5 heteroatoms. The zero-order valence-corrected chi connectivity index (χ0v) is 12.3.